The summed E-state index contributed by atoms with van der Waals surface area (Å²) >= 11 is 0. The van der Waals surface area contributed by atoms with Crippen molar-refractivity contribution < 1.29 is 9.53 Å². The number of para-hydroxylation sites is 1. The van der Waals surface area contributed by atoms with Crippen molar-refractivity contribution in [1.82, 2.24) is 20.0 Å². The van der Waals surface area contributed by atoms with Crippen LogP contribution in [0.4, 0.5) is 0 Å². The highest BCUT2D eigenvalue weighted by Crippen LogP contribution is 2.43. The van der Waals surface area contributed by atoms with Crippen LogP contribution >= 0.6 is 0 Å². The highest BCUT2D eigenvalue weighted by Gasteiger charge is 2.32. The molecule has 0 saturated carbocycles. The average Bonchev–Trinajstić information content (AvgIpc) is 3.18. The molecule has 1 aliphatic carbocycles. The van der Waals surface area contributed by atoms with E-state index >= 15 is 0 Å². The molecule has 0 atom stereocenters. The van der Waals surface area contributed by atoms with Gasteiger partial charge >= 0.3 is 0 Å². The fourth-order valence-electron chi connectivity index (χ4n) is 3.30. The summed E-state index contributed by atoms with van der Waals surface area (Å²) in [5, 5.41) is 12.8. The lowest BCUT2D eigenvalue weighted by Gasteiger charge is -2.06. The van der Waals surface area contributed by atoms with E-state index in [1.807, 2.05) is 36.4 Å². The van der Waals surface area contributed by atoms with Gasteiger partial charge in [0.15, 0.2) is 11.4 Å². The molecule has 6 heteroatoms. The third-order valence-electron chi connectivity index (χ3n) is 4.31. The maximum absolute atomic E-state index is 13.0. The molecule has 0 saturated heterocycles. The Balaban J connectivity index is 2.01. The number of pyridine rings is 1. The van der Waals surface area contributed by atoms with Crippen LogP contribution in [0, 0.1) is 0 Å². The second-order valence-corrected chi connectivity index (χ2v) is 5.42. The van der Waals surface area contributed by atoms with Crippen LogP contribution in [-0.2, 0) is 0 Å². The van der Waals surface area contributed by atoms with Gasteiger partial charge in [-0.3, -0.25) is 4.79 Å². The first-order valence-corrected chi connectivity index (χ1v) is 7.15. The Labute approximate surface area is 130 Å². The molecule has 1 aliphatic rings. The normalized spacial score (nSPS) is 12.7. The van der Waals surface area contributed by atoms with Crippen LogP contribution in [0.3, 0.4) is 0 Å². The van der Waals surface area contributed by atoms with Gasteiger partial charge in [-0.2, -0.15) is 4.52 Å². The zero-order valence-electron chi connectivity index (χ0n) is 12.1. The number of nitrogens with zero attached hydrogens (tertiary/aromatic N) is 4. The molecule has 4 aromatic rings. The number of ether oxygens (including phenoxy) is 1. The topological polar surface area (TPSA) is 69.4 Å². The molecule has 2 aromatic carbocycles. The minimum absolute atomic E-state index is 0.0180. The molecule has 2 aromatic heterocycles. The minimum atomic E-state index is -0.0180. The van der Waals surface area contributed by atoms with E-state index in [-0.39, 0.29) is 5.78 Å². The maximum atomic E-state index is 13.0. The first kappa shape index (κ1) is 12.3. The number of methoxy groups -OCH3 is 1. The molecular weight excluding hydrogens is 292 g/mol. The second kappa shape index (κ2) is 4.13. The van der Waals surface area contributed by atoms with E-state index in [1.54, 1.807) is 17.7 Å². The van der Waals surface area contributed by atoms with Gasteiger partial charge < -0.3 is 4.74 Å². The van der Waals surface area contributed by atoms with Gasteiger partial charge in [0.05, 0.1) is 12.6 Å². The van der Waals surface area contributed by atoms with Crippen molar-refractivity contribution in [3.8, 4) is 16.9 Å². The number of carbonyl (C=O) groups is 1. The SMILES string of the molecule is COc1ccc2c(c1)C(=O)c1c-2c2nnnn2c2ccccc12. The fourth-order valence-corrected chi connectivity index (χ4v) is 3.30. The summed E-state index contributed by atoms with van der Waals surface area (Å²) in [5.41, 5.74) is 4.33. The Hall–Kier alpha value is -3.28. The first-order chi connectivity index (χ1) is 11.3. The van der Waals surface area contributed by atoms with Gasteiger partial charge in [0.1, 0.15) is 5.75 Å². The number of ketones is 1. The fraction of sp³-hybridized carbons (Fsp3) is 0.0588. The smallest absolute Gasteiger partial charge is 0.195 e. The number of fused-ring (bicyclic) bond motifs is 8. The number of benzene rings is 2. The lowest BCUT2D eigenvalue weighted by molar-refractivity contribution is 0.104. The second-order valence-electron chi connectivity index (χ2n) is 5.42. The molecule has 0 aliphatic heterocycles. The summed E-state index contributed by atoms with van der Waals surface area (Å²) in [7, 11) is 1.59. The van der Waals surface area contributed by atoms with E-state index in [0.29, 0.717) is 22.5 Å². The number of carbonyl (C=O) groups excluding carboxylic acids is 1. The zero-order valence-corrected chi connectivity index (χ0v) is 12.1. The molecule has 0 radical (unpaired) electrons. The molecule has 110 valence electrons. The van der Waals surface area contributed by atoms with Gasteiger partial charge in [-0.05, 0) is 40.3 Å². The predicted molar refractivity (Wildman–Crippen MR) is 83.7 cm³/mol. The Morgan fingerprint density at radius 1 is 1.04 bits per heavy atom. The monoisotopic (exact) mass is 302 g/mol. The third-order valence-corrected chi connectivity index (χ3v) is 4.31. The highest BCUT2D eigenvalue weighted by atomic mass is 16.5. The molecular formula is C17H10N4O2. The van der Waals surface area contributed by atoms with Crippen molar-refractivity contribution in [2.75, 3.05) is 7.11 Å². The first-order valence-electron chi connectivity index (χ1n) is 7.15. The van der Waals surface area contributed by atoms with Gasteiger partial charge in [-0.15, -0.1) is 5.10 Å². The summed E-state index contributed by atoms with van der Waals surface area (Å²) in [4.78, 5) is 13.0. The lowest BCUT2D eigenvalue weighted by Crippen LogP contribution is -2.00. The van der Waals surface area contributed by atoms with Crippen molar-refractivity contribution in [1.29, 1.82) is 0 Å². The van der Waals surface area contributed by atoms with Crippen LogP contribution in [0.25, 0.3) is 27.7 Å². The molecule has 23 heavy (non-hydrogen) atoms. The molecule has 0 N–H and O–H groups in total. The zero-order chi connectivity index (χ0) is 15.6. The van der Waals surface area contributed by atoms with E-state index in [0.717, 1.165) is 22.0 Å². The van der Waals surface area contributed by atoms with E-state index in [4.69, 9.17) is 4.74 Å². The Bertz CT molecular complexity index is 1130. The van der Waals surface area contributed by atoms with Crippen LogP contribution in [0.5, 0.6) is 5.75 Å². The molecule has 2 heterocycles. The summed E-state index contributed by atoms with van der Waals surface area (Å²) in [5.74, 6) is 0.639. The number of hydrogen-bond acceptors (Lipinski definition) is 5. The summed E-state index contributed by atoms with van der Waals surface area (Å²) < 4.78 is 6.93. The number of hydrogen-bond donors (Lipinski definition) is 0. The number of rotatable bonds is 1. The molecule has 0 fully saturated rings. The minimum Gasteiger partial charge on any atom is -0.497 e. The molecule has 0 unspecified atom stereocenters. The Morgan fingerprint density at radius 3 is 2.78 bits per heavy atom. The number of tetrazole rings is 1. The van der Waals surface area contributed by atoms with Crippen LogP contribution in [0.1, 0.15) is 15.9 Å². The molecule has 0 amide bonds. The van der Waals surface area contributed by atoms with E-state index in [9.17, 15) is 4.79 Å². The van der Waals surface area contributed by atoms with Gasteiger partial charge in [0, 0.05) is 22.1 Å². The average molecular weight is 302 g/mol. The van der Waals surface area contributed by atoms with Crippen molar-refractivity contribution in [3.05, 3.63) is 53.6 Å². The van der Waals surface area contributed by atoms with Crippen LogP contribution in [-0.4, -0.2) is 32.9 Å². The van der Waals surface area contributed by atoms with Gasteiger partial charge in [0.25, 0.3) is 0 Å². The van der Waals surface area contributed by atoms with Crippen molar-refractivity contribution in [2.24, 2.45) is 0 Å². The Kier molecular flexibility index (Phi) is 2.21. The maximum Gasteiger partial charge on any atom is 0.195 e. The summed E-state index contributed by atoms with van der Waals surface area (Å²) in [6.07, 6.45) is 0. The molecule has 6 nitrogen and oxygen atoms in total. The predicted octanol–water partition coefficient (Wildman–Crippen LogP) is 2.50. The standard InChI is InChI=1S/C17H10N4O2/c1-23-9-6-7-10-12(8-9)16(22)14-11-4-2-3-5-13(11)21-17(15(10)14)18-19-20-21/h2-8H,1H3. The van der Waals surface area contributed by atoms with E-state index in [1.165, 1.54) is 0 Å². The lowest BCUT2D eigenvalue weighted by atomic mass is 10.0. The van der Waals surface area contributed by atoms with Crippen molar-refractivity contribution in [3.63, 3.8) is 0 Å². The molecule has 0 spiro atoms. The quantitative estimate of drug-likeness (QED) is 0.476. The number of aromatic nitrogens is 4. The molecule has 0 bridgehead atoms. The third kappa shape index (κ3) is 1.42. The van der Waals surface area contributed by atoms with Gasteiger partial charge in [-0.1, -0.05) is 18.2 Å². The summed E-state index contributed by atoms with van der Waals surface area (Å²) in [6, 6.07) is 13.2. The van der Waals surface area contributed by atoms with Crippen LogP contribution in [0.15, 0.2) is 42.5 Å². The summed E-state index contributed by atoms with van der Waals surface area (Å²) in [6.45, 7) is 0. The largest absolute Gasteiger partial charge is 0.497 e. The van der Waals surface area contributed by atoms with Gasteiger partial charge in [-0.25, -0.2) is 0 Å². The van der Waals surface area contributed by atoms with E-state index < -0.39 is 0 Å². The van der Waals surface area contributed by atoms with Crippen molar-refractivity contribution >= 4 is 22.3 Å². The van der Waals surface area contributed by atoms with Crippen molar-refractivity contribution in [2.45, 2.75) is 0 Å². The van der Waals surface area contributed by atoms with Crippen LogP contribution in [0.2, 0.25) is 0 Å². The Morgan fingerprint density at radius 2 is 1.91 bits per heavy atom. The molecule has 5 rings (SSSR count). The van der Waals surface area contributed by atoms with E-state index in [2.05, 4.69) is 15.5 Å². The van der Waals surface area contributed by atoms with Crippen LogP contribution < -0.4 is 4.74 Å². The highest BCUT2D eigenvalue weighted by molar-refractivity contribution is 6.29. The van der Waals surface area contributed by atoms with Gasteiger partial charge in [0.2, 0.25) is 0 Å².